The van der Waals surface area contributed by atoms with E-state index in [-0.39, 0.29) is 6.03 Å². The van der Waals surface area contributed by atoms with Gasteiger partial charge in [0.1, 0.15) is 0 Å². The molecule has 20 heavy (non-hydrogen) atoms. The number of hydrogen-bond donors (Lipinski definition) is 3. The number of amides is 2. The molecule has 0 radical (unpaired) electrons. The summed E-state index contributed by atoms with van der Waals surface area (Å²) >= 11 is 0. The van der Waals surface area contributed by atoms with Crippen molar-refractivity contribution in [3.63, 3.8) is 0 Å². The Morgan fingerprint density at radius 3 is 2.55 bits per heavy atom. The second kappa shape index (κ2) is 7.29. The normalized spacial score (nSPS) is 16.3. The molecule has 0 spiro atoms. The zero-order valence-electron chi connectivity index (χ0n) is 12.4. The summed E-state index contributed by atoms with van der Waals surface area (Å²) in [5.74, 6) is 0.684. The maximum absolute atomic E-state index is 11.7. The van der Waals surface area contributed by atoms with Crippen molar-refractivity contribution in [3.8, 4) is 0 Å². The van der Waals surface area contributed by atoms with Crippen molar-refractivity contribution < 1.29 is 4.79 Å². The second-order valence-electron chi connectivity index (χ2n) is 5.53. The number of carbonyl (C=O) groups is 1. The van der Waals surface area contributed by atoms with E-state index in [0.29, 0.717) is 12.0 Å². The maximum atomic E-state index is 11.7. The van der Waals surface area contributed by atoms with Crippen LogP contribution in [0.1, 0.15) is 44.7 Å². The van der Waals surface area contributed by atoms with Gasteiger partial charge < -0.3 is 16.0 Å². The Bertz CT molecular complexity index is 426. The lowest BCUT2D eigenvalue weighted by Crippen LogP contribution is -2.35. The molecular formula is C16H25N3O. The van der Waals surface area contributed by atoms with Gasteiger partial charge in [0.05, 0.1) is 0 Å². The molecule has 2 amide bonds. The molecule has 110 valence electrons. The molecule has 1 unspecified atom stereocenters. The first kappa shape index (κ1) is 14.9. The quantitative estimate of drug-likeness (QED) is 0.746. The predicted molar refractivity (Wildman–Crippen MR) is 82.9 cm³/mol. The fourth-order valence-corrected chi connectivity index (χ4v) is 2.39. The van der Waals surface area contributed by atoms with Crippen molar-refractivity contribution in [1.82, 2.24) is 10.6 Å². The average molecular weight is 275 g/mol. The molecule has 0 bridgehead atoms. The van der Waals surface area contributed by atoms with Crippen molar-refractivity contribution in [1.29, 1.82) is 0 Å². The zero-order valence-corrected chi connectivity index (χ0v) is 12.4. The fraction of sp³-hybridized carbons (Fsp3) is 0.562. The lowest BCUT2D eigenvalue weighted by Gasteiger charge is -2.25. The van der Waals surface area contributed by atoms with E-state index in [1.165, 1.54) is 24.8 Å². The minimum Gasteiger partial charge on any atom is -0.338 e. The maximum Gasteiger partial charge on any atom is 0.319 e. The molecule has 1 aromatic rings. The predicted octanol–water partition coefficient (Wildman–Crippen LogP) is 3.28. The highest BCUT2D eigenvalue weighted by Crippen LogP contribution is 2.25. The van der Waals surface area contributed by atoms with Gasteiger partial charge in [0.25, 0.3) is 0 Å². The van der Waals surface area contributed by atoms with Crippen LogP contribution in [0.4, 0.5) is 10.5 Å². The Morgan fingerprint density at radius 1 is 1.30 bits per heavy atom. The molecule has 1 fully saturated rings. The third-order valence-electron chi connectivity index (χ3n) is 3.95. The van der Waals surface area contributed by atoms with Crippen LogP contribution in [0.5, 0.6) is 0 Å². The minimum absolute atomic E-state index is 0.107. The number of rotatable bonds is 6. The van der Waals surface area contributed by atoms with Gasteiger partial charge in [-0.15, -0.1) is 0 Å². The van der Waals surface area contributed by atoms with Crippen LogP contribution in [-0.4, -0.2) is 19.1 Å². The Hall–Kier alpha value is -1.55. The van der Waals surface area contributed by atoms with Gasteiger partial charge in [0.15, 0.2) is 0 Å². The first-order chi connectivity index (χ1) is 9.69. The number of hydrogen-bond acceptors (Lipinski definition) is 2. The van der Waals surface area contributed by atoms with Gasteiger partial charge in [0, 0.05) is 18.3 Å². The average Bonchev–Trinajstić information content (AvgIpc) is 2.38. The lowest BCUT2D eigenvalue weighted by molar-refractivity contribution is 0.243. The lowest BCUT2D eigenvalue weighted by atomic mass is 9.85. The van der Waals surface area contributed by atoms with Crippen molar-refractivity contribution in [2.75, 3.05) is 18.4 Å². The Morgan fingerprint density at radius 2 is 2.00 bits per heavy atom. The highest BCUT2D eigenvalue weighted by atomic mass is 16.2. The summed E-state index contributed by atoms with van der Waals surface area (Å²) < 4.78 is 0. The summed E-state index contributed by atoms with van der Waals surface area (Å²) in [6, 6.07) is 8.23. The van der Waals surface area contributed by atoms with E-state index in [1.54, 1.807) is 0 Å². The van der Waals surface area contributed by atoms with Crippen molar-refractivity contribution in [3.05, 3.63) is 29.8 Å². The summed E-state index contributed by atoms with van der Waals surface area (Å²) in [6.07, 6.45) is 3.80. The van der Waals surface area contributed by atoms with Gasteiger partial charge in [-0.05, 0) is 49.9 Å². The van der Waals surface area contributed by atoms with Crippen molar-refractivity contribution >= 4 is 11.7 Å². The number of benzene rings is 1. The van der Waals surface area contributed by atoms with Crippen molar-refractivity contribution in [2.45, 2.75) is 39.2 Å². The Balaban J connectivity index is 1.78. The van der Waals surface area contributed by atoms with Gasteiger partial charge >= 0.3 is 6.03 Å². The Labute approximate surface area is 121 Å². The highest BCUT2D eigenvalue weighted by Gasteiger charge is 2.17. The zero-order chi connectivity index (χ0) is 14.4. The van der Waals surface area contributed by atoms with E-state index in [9.17, 15) is 4.79 Å². The standard InChI is InChI=1S/C16H25N3O/c1-3-17-12(2)14-7-9-15(10-8-14)19-16(20)18-11-13-5-4-6-13/h7-10,12-13,17H,3-6,11H2,1-2H3,(H2,18,19,20). The second-order valence-corrected chi connectivity index (χ2v) is 5.53. The largest absolute Gasteiger partial charge is 0.338 e. The number of urea groups is 1. The molecule has 1 aliphatic carbocycles. The van der Waals surface area contributed by atoms with Crippen molar-refractivity contribution in [2.24, 2.45) is 5.92 Å². The molecule has 3 N–H and O–H groups in total. The van der Waals surface area contributed by atoms with Crippen LogP contribution in [0.25, 0.3) is 0 Å². The summed E-state index contributed by atoms with van der Waals surface area (Å²) in [4.78, 5) is 11.7. The van der Waals surface area contributed by atoms with E-state index in [0.717, 1.165) is 18.8 Å². The Kier molecular flexibility index (Phi) is 5.41. The molecule has 1 aliphatic rings. The van der Waals surface area contributed by atoms with Gasteiger partial charge in [-0.25, -0.2) is 4.79 Å². The van der Waals surface area contributed by atoms with E-state index >= 15 is 0 Å². The third kappa shape index (κ3) is 4.23. The fourth-order valence-electron chi connectivity index (χ4n) is 2.39. The van der Waals surface area contributed by atoms with Crippen LogP contribution in [0.3, 0.4) is 0 Å². The minimum atomic E-state index is -0.107. The monoisotopic (exact) mass is 275 g/mol. The number of anilines is 1. The summed E-state index contributed by atoms with van der Waals surface area (Å²) in [6.45, 7) is 5.97. The molecule has 0 aromatic heterocycles. The SMILES string of the molecule is CCNC(C)c1ccc(NC(=O)NCC2CCC2)cc1. The van der Waals surface area contributed by atoms with Gasteiger partial charge in [0.2, 0.25) is 0 Å². The van der Waals surface area contributed by atoms with Gasteiger partial charge in [-0.2, -0.15) is 0 Å². The van der Waals surface area contributed by atoms with Crippen LogP contribution >= 0.6 is 0 Å². The molecule has 4 heteroatoms. The molecule has 4 nitrogen and oxygen atoms in total. The summed E-state index contributed by atoms with van der Waals surface area (Å²) in [7, 11) is 0. The van der Waals surface area contributed by atoms with Gasteiger partial charge in [-0.3, -0.25) is 0 Å². The first-order valence-corrected chi connectivity index (χ1v) is 7.57. The third-order valence-corrected chi connectivity index (χ3v) is 3.95. The smallest absolute Gasteiger partial charge is 0.319 e. The molecule has 0 saturated heterocycles. The number of carbonyl (C=O) groups excluding carboxylic acids is 1. The van der Waals surface area contributed by atoms with E-state index in [2.05, 4.69) is 41.9 Å². The molecule has 1 aromatic carbocycles. The molecule has 0 heterocycles. The van der Waals surface area contributed by atoms with E-state index in [4.69, 9.17) is 0 Å². The topological polar surface area (TPSA) is 53.2 Å². The molecular weight excluding hydrogens is 250 g/mol. The molecule has 2 rings (SSSR count). The van der Waals surface area contributed by atoms with Crippen LogP contribution in [-0.2, 0) is 0 Å². The molecule has 0 aliphatic heterocycles. The molecule has 1 atom stereocenters. The van der Waals surface area contributed by atoms with Crippen LogP contribution in [0.2, 0.25) is 0 Å². The van der Waals surface area contributed by atoms with Crippen LogP contribution in [0.15, 0.2) is 24.3 Å². The van der Waals surface area contributed by atoms with Crippen LogP contribution < -0.4 is 16.0 Å². The summed E-state index contributed by atoms with van der Waals surface area (Å²) in [5.41, 5.74) is 2.07. The highest BCUT2D eigenvalue weighted by molar-refractivity contribution is 5.89. The molecule has 1 saturated carbocycles. The van der Waals surface area contributed by atoms with E-state index < -0.39 is 0 Å². The van der Waals surface area contributed by atoms with Gasteiger partial charge in [-0.1, -0.05) is 25.5 Å². The van der Waals surface area contributed by atoms with Crippen LogP contribution in [0, 0.1) is 5.92 Å². The summed E-state index contributed by atoms with van der Waals surface area (Å²) in [5, 5.41) is 9.17. The van der Waals surface area contributed by atoms with E-state index in [1.807, 2.05) is 12.1 Å². The first-order valence-electron chi connectivity index (χ1n) is 7.57. The number of nitrogens with one attached hydrogen (secondary N) is 3.